The Bertz CT molecular complexity index is 486. The maximum Gasteiger partial charge on any atom is 0.258 e. The number of nitrogens with zero attached hydrogens (tertiary/aromatic N) is 1. The number of hydrogen-bond acceptors (Lipinski definition) is 4. The number of rotatable bonds is 4. The molecule has 0 aromatic carbocycles. The van der Waals surface area contributed by atoms with Gasteiger partial charge in [-0.2, -0.15) is 5.10 Å². The average molecular weight is 273 g/mol. The highest BCUT2D eigenvalue weighted by Gasteiger charge is 2.38. The van der Waals surface area contributed by atoms with Gasteiger partial charge in [-0.05, 0) is 24.8 Å². The van der Waals surface area contributed by atoms with Crippen molar-refractivity contribution in [1.29, 1.82) is 0 Å². The van der Waals surface area contributed by atoms with E-state index in [4.69, 9.17) is 0 Å². The van der Waals surface area contributed by atoms with Gasteiger partial charge in [0.2, 0.25) is 0 Å². The molecule has 6 nitrogen and oxygen atoms in total. The Labute approximate surface area is 107 Å². The molecule has 1 aromatic rings. The van der Waals surface area contributed by atoms with E-state index in [9.17, 15) is 13.5 Å². The third-order valence-corrected chi connectivity index (χ3v) is 5.02. The van der Waals surface area contributed by atoms with Crippen LogP contribution in [0, 0.1) is 5.92 Å². The van der Waals surface area contributed by atoms with Crippen LogP contribution in [0.25, 0.3) is 0 Å². The highest BCUT2D eigenvalue weighted by molar-refractivity contribution is 7.89. The van der Waals surface area contributed by atoms with Crippen LogP contribution < -0.4 is 4.72 Å². The molecule has 1 fully saturated rings. The third kappa shape index (κ3) is 2.73. The maximum atomic E-state index is 12.1. The summed E-state index contributed by atoms with van der Waals surface area (Å²) in [6.45, 7) is 1.90. The zero-order chi connectivity index (χ0) is 13.2. The van der Waals surface area contributed by atoms with E-state index in [0.29, 0.717) is 18.8 Å². The molecular weight excluding hydrogens is 254 g/mol. The molecule has 1 saturated carbocycles. The fourth-order valence-corrected chi connectivity index (χ4v) is 4.00. The molecule has 2 unspecified atom stereocenters. The first kappa shape index (κ1) is 13.5. The number of nitrogens with one attached hydrogen (secondary N) is 2. The molecule has 18 heavy (non-hydrogen) atoms. The van der Waals surface area contributed by atoms with Crippen LogP contribution in [0.3, 0.4) is 0 Å². The SMILES string of the molecule is CC1CCCC(CO)(NS(=O)(=O)c2ccn[nH]2)C1. The van der Waals surface area contributed by atoms with Crippen LogP contribution in [0.5, 0.6) is 0 Å². The molecule has 1 aliphatic rings. The first-order valence-electron chi connectivity index (χ1n) is 6.12. The molecule has 0 spiro atoms. The number of sulfonamides is 1. The van der Waals surface area contributed by atoms with Crippen LogP contribution in [0.2, 0.25) is 0 Å². The lowest BCUT2D eigenvalue weighted by Gasteiger charge is -2.38. The van der Waals surface area contributed by atoms with Gasteiger partial charge in [0, 0.05) is 0 Å². The van der Waals surface area contributed by atoms with E-state index in [1.165, 1.54) is 12.3 Å². The molecular formula is C11H19N3O3S. The fraction of sp³-hybridized carbons (Fsp3) is 0.727. The molecule has 2 rings (SSSR count). The number of aromatic nitrogens is 2. The quantitative estimate of drug-likeness (QED) is 0.750. The first-order chi connectivity index (χ1) is 8.47. The predicted molar refractivity (Wildman–Crippen MR) is 66.4 cm³/mol. The summed E-state index contributed by atoms with van der Waals surface area (Å²) in [7, 11) is -3.64. The normalized spacial score (nSPS) is 29.3. The lowest BCUT2D eigenvalue weighted by molar-refractivity contribution is 0.119. The van der Waals surface area contributed by atoms with Gasteiger partial charge in [0.05, 0.1) is 18.3 Å². The van der Waals surface area contributed by atoms with E-state index in [1.54, 1.807) is 0 Å². The van der Waals surface area contributed by atoms with Crippen LogP contribution in [-0.4, -0.2) is 35.9 Å². The molecule has 1 heterocycles. The number of aromatic amines is 1. The monoisotopic (exact) mass is 273 g/mol. The number of H-pyrrole nitrogens is 1. The van der Waals surface area contributed by atoms with Crippen molar-refractivity contribution < 1.29 is 13.5 Å². The summed E-state index contributed by atoms with van der Waals surface area (Å²) in [5.41, 5.74) is -0.735. The number of aliphatic hydroxyl groups is 1. The second-order valence-electron chi connectivity index (χ2n) is 5.17. The van der Waals surface area contributed by atoms with E-state index in [2.05, 4.69) is 21.8 Å². The Kier molecular flexibility index (Phi) is 3.74. The van der Waals surface area contributed by atoms with Gasteiger partial charge in [0.1, 0.15) is 0 Å². The van der Waals surface area contributed by atoms with Gasteiger partial charge in [-0.15, -0.1) is 0 Å². The Hall–Kier alpha value is -0.920. The van der Waals surface area contributed by atoms with Crippen LogP contribution in [0.15, 0.2) is 17.3 Å². The zero-order valence-electron chi connectivity index (χ0n) is 10.4. The van der Waals surface area contributed by atoms with Crippen LogP contribution in [0.1, 0.15) is 32.6 Å². The Morgan fingerprint density at radius 1 is 1.67 bits per heavy atom. The molecule has 1 aliphatic carbocycles. The van der Waals surface area contributed by atoms with Crippen molar-refractivity contribution in [3.05, 3.63) is 12.3 Å². The van der Waals surface area contributed by atoms with Gasteiger partial charge >= 0.3 is 0 Å². The van der Waals surface area contributed by atoms with E-state index >= 15 is 0 Å². The molecule has 7 heteroatoms. The van der Waals surface area contributed by atoms with Crippen molar-refractivity contribution in [1.82, 2.24) is 14.9 Å². The number of hydrogen-bond donors (Lipinski definition) is 3. The van der Waals surface area contributed by atoms with Gasteiger partial charge in [-0.25, -0.2) is 13.1 Å². The molecule has 3 N–H and O–H groups in total. The summed E-state index contributed by atoms with van der Waals surface area (Å²) in [5, 5.41) is 15.7. The number of aliphatic hydroxyl groups excluding tert-OH is 1. The first-order valence-corrected chi connectivity index (χ1v) is 7.60. The van der Waals surface area contributed by atoms with Crippen molar-refractivity contribution in [2.24, 2.45) is 5.92 Å². The van der Waals surface area contributed by atoms with Gasteiger partial charge in [0.25, 0.3) is 10.0 Å². The maximum absolute atomic E-state index is 12.1. The average Bonchev–Trinajstić information content (AvgIpc) is 2.82. The summed E-state index contributed by atoms with van der Waals surface area (Å²) in [4.78, 5) is 0. The van der Waals surface area contributed by atoms with E-state index in [-0.39, 0.29) is 11.6 Å². The van der Waals surface area contributed by atoms with Crippen LogP contribution >= 0.6 is 0 Å². The summed E-state index contributed by atoms with van der Waals surface area (Å²) < 4.78 is 26.9. The van der Waals surface area contributed by atoms with Crippen LogP contribution in [0.4, 0.5) is 0 Å². The van der Waals surface area contributed by atoms with Crippen molar-refractivity contribution >= 4 is 10.0 Å². The third-order valence-electron chi connectivity index (χ3n) is 3.51. The molecule has 2 atom stereocenters. The summed E-state index contributed by atoms with van der Waals surface area (Å²) in [6, 6.07) is 1.40. The van der Waals surface area contributed by atoms with Crippen molar-refractivity contribution in [3.8, 4) is 0 Å². The lowest BCUT2D eigenvalue weighted by Crippen LogP contribution is -2.53. The smallest absolute Gasteiger partial charge is 0.258 e. The lowest BCUT2D eigenvalue weighted by atomic mass is 9.78. The fourth-order valence-electron chi connectivity index (χ4n) is 2.66. The molecule has 1 aromatic heterocycles. The molecule has 0 bridgehead atoms. The Morgan fingerprint density at radius 3 is 3.00 bits per heavy atom. The summed E-state index contributed by atoms with van der Waals surface area (Å²) in [6.07, 6.45) is 4.72. The largest absolute Gasteiger partial charge is 0.394 e. The van der Waals surface area contributed by atoms with E-state index in [0.717, 1.165) is 12.8 Å². The van der Waals surface area contributed by atoms with E-state index in [1.807, 2.05) is 0 Å². The van der Waals surface area contributed by atoms with Gasteiger partial charge < -0.3 is 5.11 Å². The van der Waals surface area contributed by atoms with Crippen LogP contribution in [-0.2, 0) is 10.0 Å². The molecule has 0 aliphatic heterocycles. The van der Waals surface area contributed by atoms with Gasteiger partial charge in [0.15, 0.2) is 5.03 Å². The summed E-state index contributed by atoms with van der Waals surface area (Å²) in [5.74, 6) is 0.412. The second kappa shape index (κ2) is 4.99. The molecule has 0 amide bonds. The Balaban J connectivity index is 2.20. The highest BCUT2D eigenvalue weighted by atomic mass is 32.2. The Morgan fingerprint density at radius 2 is 2.44 bits per heavy atom. The summed E-state index contributed by atoms with van der Waals surface area (Å²) >= 11 is 0. The van der Waals surface area contributed by atoms with Gasteiger partial charge in [-0.1, -0.05) is 19.8 Å². The highest BCUT2D eigenvalue weighted by Crippen LogP contribution is 2.33. The minimum atomic E-state index is -3.64. The van der Waals surface area contributed by atoms with Gasteiger partial charge in [-0.3, -0.25) is 5.10 Å². The zero-order valence-corrected chi connectivity index (χ0v) is 11.2. The molecule has 0 saturated heterocycles. The topological polar surface area (TPSA) is 95.1 Å². The van der Waals surface area contributed by atoms with E-state index < -0.39 is 15.6 Å². The van der Waals surface area contributed by atoms with Crippen molar-refractivity contribution in [2.75, 3.05) is 6.61 Å². The minimum absolute atomic E-state index is 0.0357. The van der Waals surface area contributed by atoms with Crippen molar-refractivity contribution in [3.63, 3.8) is 0 Å². The minimum Gasteiger partial charge on any atom is -0.394 e. The predicted octanol–water partition coefficient (Wildman–Crippen LogP) is 0.629. The van der Waals surface area contributed by atoms with Crippen molar-refractivity contribution in [2.45, 2.75) is 43.2 Å². The molecule has 102 valence electrons. The molecule has 0 radical (unpaired) electrons. The second-order valence-corrected chi connectivity index (χ2v) is 6.82. The standard InChI is InChI=1S/C11H19N3O3S/c1-9-3-2-5-11(7-9,8-15)14-18(16,17)10-4-6-12-13-10/h4,6,9,14-15H,2-3,5,7-8H2,1H3,(H,12,13).